The lowest BCUT2D eigenvalue weighted by molar-refractivity contribution is 0.413. The van der Waals surface area contributed by atoms with Crippen LogP contribution in [-0.4, -0.2) is 44.5 Å². The normalized spacial score (nSPS) is 18.4. The highest BCUT2D eigenvalue weighted by Crippen LogP contribution is 2.27. The van der Waals surface area contributed by atoms with E-state index in [1.54, 1.807) is 13.3 Å². The van der Waals surface area contributed by atoms with Gasteiger partial charge in [-0.1, -0.05) is 13.8 Å². The molecule has 0 aliphatic carbocycles. The van der Waals surface area contributed by atoms with Crippen LogP contribution in [0.15, 0.2) is 55.1 Å². The first-order valence-electron chi connectivity index (χ1n) is 11.1. The maximum absolute atomic E-state index is 5.36. The van der Waals surface area contributed by atoms with E-state index in [4.69, 9.17) is 14.7 Å². The Morgan fingerprint density at radius 3 is 2.56 bits per heavy atom. The smallest absolute Gasteiger partial charge is 0.136 e. The third-order valence-electron chi connectivity index (χ3n) is 6.33. The van der Waals surface area contributed by atoms with E-state index in [1.165, 1.54) is 5.56 Å². The van der Waals surface area contributed by atoms with Gasteiger partial charge in [-0.05, 0) is 35.6 Å². The van der Waals surface area contributed by atoms with Crippen molar-refractivity contribution in [3.8, 4) is 5.75 Å². The van der Waals surface area contributed by atoms with E-state index >= 15 is 0 Å². The molecule has 5 heterocycles. The average Bonchev–Trinajstić information content (AvgIpc) is 3.39. The molecule has 0 aromatic carbocycles. The van der Waals surface area contributed by atoms with Gasteiger partial charge in [0.25, 0.3) is 0 Å². The monoisotopic (exact) mass is 428 g/mol. The molecule has 5 rings (SSSR count). The lowest BCUT2D eigenvalue weighted by Crippen LogP contribution is -2.22. The summed E-state index contributed by atoms with van der Waals surface area (Å²) in [7, 11) is 1.67. The second kappa shape index (κ2) is 8.57. The largest absolute Gasteiger partial charge is 0.497 e. The standard InChI is InChI=1S/C25H28N6O/c1-17-15-31(16-18(17)2)25-14-21(10-19-5-8-30-9-7-27-24(30)11-19)28-23(29-25)13-20-12-22(32-3)4-6-26-20/h4-9,11-12,14,17-18H,10,13,15-16H2,1-3H3. The zero-order chi connectivity index (χ0) is 22.1. The minimum Gasteiger partial charge on any atom is -0.497 e. The van der Waals surface area contributed by atoms with Crippen LogP contribution in [0.5, 0.6) is 5.75 Å². The van der Waals surface area contributed by atoms with Gasteiger partial charge in [0.05, 0.1) is 24.9 Å². The summed E-state index contributed by atoms with van der Waals surface area (Å²) in [5, 5.41) is 0. The number of fused-ring (bicyclic) bond motifs is 1. The number of hydrogen-bond donors (Lipinski definition) is 0. The molecule has 7 nitrogen and oxygen atoms in total. The topological polar surface area (TPSA) is 68.4 Å². The highest BCUT2D eigenvalue weighted by atomic mass is 16.5. The van der Waals surface area contributed by atoms with Crippen molar-refractivity contribution < 1.29 is 4.74 Å². The molecule has 4 aromatic rings. The molecule has 0 saturated carbocycles. The van der Waals surface area contributed by atoms with Crippen LogP contribution < -0.4 is 9.64 Å². The molecule has 164 valence electrons. The molecule has 2 atom stereocenters. The molecule has 7 heteroatoms. The van der Waals surface area contributed by atoms with Gasteiger partial charge < -0.3 is 14.0 Å². The number of ether oxygens (including phenoxy) is 1. The molecule has 1 aliphatic rings. The number of aromatic nitrogens is 5. The van der Waals surface area contributed by atoms with Crippen LogP contribution in [-0.2, 0) is 12.8 Å². The Labute approximate surface area is 188 Å². The molecule has 0 N–H and O–H groups in total. The second-order valence-electron chi connectivity index (χ2n) is 8.76. The summed E-state index contributed by atoms with van der Waals surface area (Å²) in [5.41, 5.74) is 4.03. The predicted octanol–water partition coefficient (Wildman–Crippen LogP) is 3.80. The van der Waals surface area contributed by atoms with Crippen LogP contribution in [0.2, 0.25) is 0 Å². The molecule has 1 aliphatic heterocycles. The maximum atomic E-state index is 5.36. The van der Waals surface area contributed by atoms with Crippen LogP contribution in [0.4, 0.5) is 5.82 Å². The molecule has 0 spiro atoms. The molecule has 4 aromatic heterocycles. The lowest BCUT2D eigenvalue weighted by Gasteiger charge is -2.19. The Kier molecular flexibility index (Phi) is 5.47. The molecule has 1 saturated heterocycles. The van der Waals surface area contributed by atoms with Crippen molar-refractivity contribution in [2.24, 2.45) is 11.8 Å². The minimum absolute atomic E-state index is 0.566. The van der Waals surface area contributed by atoms with E-state index in [0.29, 0.717) is 18.3 Å². The van der Waals surface area contributed by atoms with Gasteiger partial charge in [-0.3, -0.25) is 4.98 Å². The maximum Gasteiger partial charge on any atom is 0.136 e. The lowest BCUT2D eigenvalue weighted by atomic mass is 10.0. The van der Waals surface area contributed by atoms with E-state index in [9.17, 15) is 0 Å². The Balaban J connectivity index is 1.48. The Morgan fingerprint density at radius 1 is 0.906 bits per heavy atom. The summed E-state index contributed by atoms with van der Waals surface area (Å²) in [6.07, 6.45) is 8.88. The fourth-order valence-electron chi connectivity index (χ4n) is 4.30. The molecule has 0 radical (unpaired) electrons. The number of methoxy groups -OCH3 is 1. The molecule has 32 heavy (non-hydrogen) atoms. The zero-order valence-electron chi connectivity index (χ0n) is 18.8. The van der Waals surface area contributed by atoms with Gasteiger partial charge in [0, 0.05) is 56.4 Å². The van der Waals surface area contributed by atoms with Crippen LogP contribution in [0, 0.1) is 11.8 Å². The third-order valence-corrected chi connectivity index (χ3v) is 6.33. The number of nitrogens with zero attached hydrogens (tertiary/aromatic N) is 6. The van der Waals surface area contributed by atoms with Crippen molar-refractivity contribution in [2.75, 3.05) is 25.1 Å². The fourth-order valence-corrected chi connectivity index (χ4v) is 4.30. The highest BCUT2D eigenvalue weighted by Gasteiger charge is 2.27. The predicted molar refractivity (Wildman–Crippen MR) is 124 cm³/mol. The van der Waals surface area contributed by atoms with Crippen molar-refractivity contribution in [1.29, 1.82) is 0 Å². The van der Waals surface area contributed by atoms with Crippen molar-refractivity contribution in [3.63, 3.8) is 0 Å². The number of pyridine rings is 2. The first-order valence-corrected chi connectivity index (χ1v) is 11.1. The van der Waals surface area contributed by atoms with Crippen LogP contribution in [0.1, 0.15) is 36.6 Å². The Morgan fingerprint density at radius 2 is 1.75 bits per heavy atom. The second-order valence-corrected chi connectivity index (χ2v) is 8.76. The average molecular weight is 429 g/mol. The summed E-state index contributed by atoms with van der Waals surface area (Å²) in [6, 6.07) is 10.2. The highest BCUT2D eigenvalue weighted by molar-refractivity contribution is 5.45. The minimum atomic E-state index is 0.566. The van der Waals surface area contributed by atoms with Gasteiger partial charge in [-0.15, -0.1) is 0 Å². The quantitative estimate of drug-likeness (QED) is 0.465. The zero-order valence-corrected chi connectivity index (χ0v) is 18.8. The summed E-state index contributed by atoms with van der Waals surface area (Å²) >= 11 is 0. The first kappa shape index (κ1) is 20.4. The first-order chi connectivity index (χ1) is 15.6. The van der Waals surface area contributed by atoms with Gasteiger partial charge in [0.2, 0.25) is 0 Å². The molecule has 2 unspecified atom stereocenters. The summed E-state index contributed by atoms with van der Waals surface area (Å²) in [5.74, 6) is 3.89. The van der Waals surface area contributed by atoms with E-state index in [2.05, 4.69) is 46.9 Å². The Bertz CT molecular complexity index is 1230. The molecule has 0 amide bonds. The molecular formula is C25H28N6O. The summed E-state index contributed by atoms with van der Waals surface area (Å²) in [4.78, 5) is 21.1. The number of imidazole rings is 1. The van der Waals surface area contributed by atoms with Crippen molar-refractivity contribution in [1.82, 2.24) is 24.3 Å². The Hall–Kier alpha value is -3.48. The van der Waals surface area contributed by atoms with Crippen molar-refractivity contribution in [2.45, 2.75) is 26.7 Å². The van der Waals surface area contributed by atoms with E-state index in [-0.39, 0.29) is 0 Å². The van der Waals surface area contributed by atoms with E-state index in [0.717, 1.165) is 53.9 Å². The van der Waals surface area contributed by atoms with E-state index in [1.807, 2.05) is 35.1 Å². The summed E-state index contributed by atoms with van der Waals surface area (Å²) in [6.45, 7) is 6.67. The SMILES string of the molecule is COc1ccnc(Cc2nc(Cc3ccn4ccnc4c3)cc(N3CC(C)C(C)C3)n2)c1. The molecule has 1 fully saturated rings. The van der Waals surface area contributed by atoms with E-state index < -0.39 is 0 Å². The molecule has 0 bridgehead atoms. The number of anilines is 1. The van der Waals surface area contributed by atoms with Gasteiger partial charge in [0.15, 0.2) is 0 Å². The van der Waals surface area contributed by atoms with Gasteiger partial charge in [-0.25, -0.2) is 15.0 Å². The number of hydrogen-bond acceptors (Lipinski definition) is 6. The van der Waals surface area contributed by atoms with Gasteiger partial charge in [0.1, 0.15) is 23.0 Å². The molecular weight excluding hydrogens is 400 g/mol. The van der Waals surface area contributed by atoms with Crippen molar-refractivity contribution >= 4 is 11.5 Å². The van der Waals surface area contributed by atoms with Gasteiger partial charge in [-0.2, -0.15) is 0 Å². The summed E-state index contributed by atoms with van der Waals surface area (Å²) < 4.78 is 7.37. The van der Waals surface area contributed by atoms with Crippen LogP contribution in [0.3, 0.4) is 0 Å². The fraction of sp³-hybridized carbons (Fsp3) is 0.360. The van der Waals surface area contributed by atoms with Crippen LogP contribution >= 0.6 is 0 Å². The van der Waals surface area contributed by atoms with Crippen LogP contribution in [0.25, 0.3) is 5.65 Å². The third kappa shape index (κ3) is 4.28. The van der Waals surface area contributed by atoms with Crippen molar-refractivity contribution in [3.05, 3.63) is 77.9 Å². The van der Waals surface area contributed by atoms with Gasteiger partial charge >= 0.3 is 0 Å². The number of rotatable bonds is 6.